The first kappa shape index (κ1) is 11.4. The van der Waals surface area contributed by atoms with Crippen molar-refractivity contribution in [3.63, 3.8) is 0 Å². The second-order valence-electron chi connectivity index (χ2n) is 3.38. The summed E-state index contributed by atoms with van der Waals surface area (Å²) in [7, 11) is 0. The second-order valence-corrected chi connectivity index (χ2v) is 3.38. The normalized spacial score (nSPS) is 9.73. The van der Waals surface area contributed by atoms with Crippen molar-refractivity contribution in [1.82, 2.24) is 0 Å². The summed E-state index contributed by atoms with van der Waals surface area (Å²) in [6.07, 6.45) is 0.411. The third kappa shape index (κ3) is 3.94. The van der Waals surface area contributed by atoms with E-state index in [1.807, 2.05) is 0 Å². The van der Waals surface area contributed by atoms with E-state index in [9.17, 15) is 9.59 Å². The van der Waals surface area contributed by atoms with Crippen LogP contribution in [0.2, 0.25) is 0 Å². The van der Waals surface area contributed by atoms with Crippen LogP contribution in [0, 0.1) is 0 Å². The average molecular weight is 206 g/mol. The van der Waals surface area contributed by atoms with E-state index in [4.69, 9.17) is 4.74 Å². The smallest absolute Gasteiger partial charge is 0.159 e. The van der Waals surface area contributed by atoms with Crippen molar-refractivity contribution in [3.8, 4) is 5.75 Å². The van der Waals surface area contributed by atoms with Crippen molar-refractivity contribution in [3.05, 3.63) is 29.8 Å². The first-order valence-electron chi connectivity index (χ1n) is 4.83. The van der Waals surface area contributed by atoms with Crippen molar-refractivity contribution >= 4 is 11.6 Å². The summed E-state index contributed by atoms with van der Waals surface area (Å²) in [4.78, 5) is 21.6. The molecule has 0 unspecified atom stereocenters. The van der Waals surface area contributed by atoms with Gasteiger partial charge in [-0.2, -0.15) is 0 Å². The highest BCUT2D eigenvalue weighted by Gasteiger charge is 2.00. The zero-order valence-corrected chi connectivity index (χ0v) is 8.95. The molecule has 15 heavy (non-hydrogen) atoms. The molecule has 0 heterocycles. The van der Waals surface area contributed by atoms with Crippen LogP contribution in [0.15, 0.2) is 24.3 Å². The van der Waals surface area contributed by atoms with E-state index >= 15 is 0 Å². The summed E-state index contributed by atoms with van der Waals surface area (Å²) >= 11 is 0. The molecule has 0 spiro atoms. The maximum Gasteiger partial charge on any atom is 0.159 e. The monoisotopic (exact) mass is 206 g/mol. The standard InChI is InChI=1S/C12H14O3/c1-9(13)7-8-15-12-5-3-11(4-6-12)10(2)14/h3-6H,7-8H2,1-2H3. The van der Waals surface area contributed by atoms with Gasteiger partial charge in [0.2, 0.25) is 0 Å². The Hall–Kier alpha value is -1.64. The molecule has 0 fully saturated rings. The lowest BCUT2D eigenvalue weighted by molar-refractivity contribution is -0.117. The molecule has 1 rings (SSSR count). The van der Waals surface area contributed by atoms with Gasteiger partial charge in [0.15, 0.2) is 5.78 Å². The predicted octanol–water partition coefficient (Wildman–Crippen LogP) is 2.25. The van der Waals surface area contributed by atoms with Gasteiger partial charge >= 0.3 is 0 Å². The molecule has 0 radical (unpaired) electrons. The molecule has 0 bridgehead atoms. The second kappa shape index (κ2) is 5.29. The van der Waals surface area contributed by atoms with E-state index in [1.165, 1.54) is 13.8 Å². The Morgan fingerprint density at radius 2 is 1.73 bits per heavy atom. The van der Waals surface area contributed by atoms with E-state index in [0.717, 1.165) is 0 Å². The van der Waals surface area contributed by atoms with E-state index in [1.54, 1.807) is 24.3 Å². The molecule has 1 aromatic carbocycles. The lowest BCUT2D eigenvalue weighted by Gasteiger charge is -2.04. The van der Waals surface area contributed by atoms with Crippen molar-refractivity contribution in [2.45, 2.75) is 20.3 Å². The van der Waals surface area contributed by atoms with Gasteiger partial charge in [0.1, 0.15) is 11.5 Å². The summed E-state index contributed by atoms with van der Waals surface area (Å²) in [5.74, 6) is 0.821. The summed E-state index contributed by atoms with van der Waals surface area (Å²) in [6, 6.07) is 6.89. The highest BCUT2D eigenvalue weighted by Crippen LogP contribution is 2.12. The number of hydrogen-bond donors (Lipinski definition) is 0. The molecule has 0 N–H and O–H groups in total. The molecule has 3 nitrogen and oxygen atoms in total. The number of Topliss-reactive ketones (excluding diaryl/α,β-unsaturated/α-hetero) is 2. The van der Waals surface area contributed by atoms with Crippen LogP contribution in [0.1, 0.15) is 30.6 Å². The molecular formula is C12H14O3. The van der Waals surface area contributed by atoms with Gasteiger partial charge in [-0.1, -0.05) is 0 Å². The van der Waals surface area contributed by atoms with Gasteiger partial charge in [0, 0.05) is 12.0 Å². The number of carbonyl (C=O) groups is 2. The molecule has 0 aliphatic heterocycles. The maximum atomic E-state index is 11.0. The minimum absolute atomic E-state index is 0.0327. The molecule has 0 saturated carbocycles. The molecule has 0 aliphatic carbocycles. The SMILES string of the molecule is CC(=O)CCOc1ccc(C(C)=O)cc1. The predicted molar refractivity (Wildman–Crippen MR) is 57.2 cm³/mol. The van der Waals surface area contributed by atoms with Gasteiger partial charge in [-0.25, -0.2) is 0 Å². The Morgan fingerprint density at radius 3 is 2.20 bits per heavy atom. The highest BCUT2D eigenvalue weighted by atomic mass is 16.5. The number of carbonyl (C=O) groups excluding carboxylic acids is 2. The largest absolute Gasteiger partial charge is 0.493 e. The Kier molecular flexibility index (Phi) is 4.03. The highest BCUT2D eigenvalue weighted by molar-refractivity contribution is 5.94. The quantitative estimate of drug-likeness (QED) is 0.694. The number of benzene rings is 1. The Morgan fingerprint density at radius 1 is 1.13 bits per heavy atom. The number of ketones is 2. The van der Waals surface area contributed by atoms with Crippen LogP contribution in [-0.4, -0.2) is 18.2 Å². The molecule has 0 aromatic heterocycles. The fourth-order valence-electron chi connectivity index (χ4n) is 1.10. The van der Waals surface area contributed by atoms with Gasteiger partial charge in [0.25, 0.3) is 0 Å². The zero-order chi connectivity index (χ0) is 11.3. The summed E-state index contributed by atoms with van der Waals surface area (Å²) < 4.78 is 5.32. The summed E-state index contributed by atoms with van der Waals surface area (Å²) in [6.45, 7) is 3.43. The fourth-order valence-corrected chi connectivity index (χ4v) is 1.10. The molecule has 0 amide bonds. The van der Waals surface area contributed by atoms with Gasteiger partial charge in [-0.3, -0.25) is 9.59 Å². The summed E-state index contributed by atoms with van der Waals surface area (Å²) in [5.41, 5.74) is 0.661. The van der Waals surface area contributed by atoms with Gasteiger partial charge < -0.3 is 4.74 Å². The van der Waals surface area contributed by atoms with Crippen molar-refractivity contribution < 1.29 is 14.3 Å². The third-order valence-electron chi connectivity index (χ3n) is 1.98. The molecule has 1 aromatic rings. The van der Waals surface area contributed by atoms with E-state index < -0.39 is 0 Å². The van der Waals surface area contributed by atoms with Crippen molar-refractivity contribution in [2.75, 3.05) is 6.61 Å². The van der Waals surface area contributed by atoms with Crippen LogP contribution in [0.3, 0.4) is 0 Å². The molecular weight excluding hydrogens is 192 g/mol. The number of hydrogen-bond acceptors (Lipinski definition) is 3. The molecule has 0 aliphatic rings. The number of rotatable bonds is 5. The van der Waals surface area contributed by atoms with Crippen LogP contribution < -0.4 is 4.74 Å². The average Bonchev–Trinajstić information content (AvgIpc) is 2.18. The van der Waals surface area contributed by atoms with Crippen LogP contribution in [0.4, 0.5) is 0 Å². The lowest BCUT2D eigenvalue weighted by Crippen LogP contribution is -2.02. The zero-order valence-electron chi connectivity index (χ0n) is 8.95. The lowest BCUT2D eigenvalue weighted by atomic mass is 10.1. The van der Waals surface area contributed by atoms with Gasteiger partial charge in [0.05, 0.1) is 6.61 Å². The molecule has 0 saturated heterocycles. The van der Waals surface area contributed by atoms with E-state index in [-0.39, 0.29) is 11.6 Å². The Balaban J connectivity index is 2.50. The van der Waals surface area contributed by atoms with E-state index in [0.29, 0.717) is 24.3 Å². The topological polar surface area (TPSA) is 43.4 Å². The molecule has 80 valence electrons. The van der Waals surface area contributed by atoms with Crippen molar-refractivity contribution in [2.24, 2.45) is 0 Å². The van der Waals surface area contributed by atoms with Crippen LogP contribution in [-0.2, 0) is 4.79 Å². The van der Waals surface area contributed by atoms with E-state index in [2.05, 4.69) is 0 Å². The van der Waals surface area contributed by atoms with Crippen LogP contribution in [0.5, 0.6) is 5.75 Å². The van der Waals surface area contributed by atoms with Crippen LogP contribution in [0.25, 0.3) is 0 Å². The Bertz CT molecular complexity index is 352. The molecule has 3 heteroatoms. The van der Waals surface area contributed by atoms with Gasteiger partial charge in [-0.05, 0) is 38.1 Å². The number of ether oxygens (including phenoxy) is 1. The molecule has 0 atom stereocenters. The third-order valence-corrected chi connectivity index (χ3v) is 1.98. The van der Waals surface area contributed by atoms with Crippen molar-refractivity contribution in [1.29, 1.82) is 0 Å². The van der Waals surface area contributed by atoms with Crippen LogP contribution >= 0.6 is 0 Å². The maximum absolute atomic E-state index is 11.0. The van der Waals surface area contributed by atoms with Gasteiger partial charge in [-0.15, -0.1) is 0 Å². The summed E-state index contributed by atoms with van der Waals surface area (Å²) in [5, 5.41) is 0. The minimum Gasteiger partial charge on any atom is -0.493 e. The minimum atomic E-state index is 0.0327. The first-order chi connectivity index (χ1) is 7.09. The Labute approximate surface area is 89.1 Å². The fraction of sp³-hybridized carbons (Fsp3) is 0.333. The first-order valence-corrected chi connectivity index (χ1v) is 4.83.